The summed E-state index contributed by atoms with van der Waals surface area (Å²) in [5.74, 6) is 1.72. The number of aromatic amines is 1. The van der Waals surface area contributed by atoms with Crippen molar-refractivity contribution in [3.63, 3.8) is 0 Å². The first-order valence-corrected chi connectivity index (χ1v) is 9.50. The first-order chi connectivity index (χ1) is 12.8. The van der Waals surface area contributed by atoms with E-state index in [9.17, 15) is 0 Å². The standard InChI is InChI=1S/C20H21N3O2S/c1-3-25-17-5-4-6-18-19(17)23-20(26-18)21-10-9-13-12-22-16-8-7-14(24-2)11-15(13)16/h4-8,11-12,22H,3,9-10H2,1-2H3,(H,21,23). The van der Waals surface area contributed by atoms with E-state index in [2.05, 4.69) is 28.6 Å². The number of hydrogen-bond acceptors (Lipinski definition) is 5. The van der Waals surface area contributed by atoms with Gasteiger partial charge in [-0.05, 0) is 49.2 Å². The first kappa shape index (κ1) is 16.7. The molecule has 0 aliphatic rings. The highest BCUT2D eigenvalue weighted by atomic mass is 32.1. The number of fused-ring (bicyclic) bond motifs is 2. The molecule has 0 saturated carbocycles. The number of benzene rings is 2. The van der Waals surface area contributed by atoms with Gasteiger partial charge in [0.1, 0.15) is 17.0 Å². The average Bonchev–Trinajstić information content (AvgIpc) is 3.26. The third-order valence-corrected chi connectivity index (χ3v) is 5.31. The Kier molecular flexibility index (Phi) is 4.67. The van der Waals surface area contributed by atoms with Crippen LogP contribution in [-0.4, -0.2) is 30.2 Å². The Bertz CT molecular complexity index is 1040. The molecule has 2 aromatic carbocycles. The number of rotatable bonds is 7. The molecular weight excluding hydrogens is 346 g/mol. The summed E-state index contributed by atoms with van der Waals surface area (Å²) in [5, 5.41) is 5.57. The highest BCUT2D eigenvalue weighted by Gasteiger charge is 2.09. The van der Waals surface area contributed by atoms with E-state index in [1.54, 1.807) is 18.4 Å². The summed E-state index contributed by atoms with van der Waals surface area (Å²) in [4.78, 5) is 8.01. The Morgan fingerprint density at radius 3 is 3.00 bits per heavy atom. The molecule has 5 nitrogen and oxygen atoms in total. The van der Waals surface area contributed by atoms with Crippen molar-refractivity contribution in [3.05, 3.63) is 48.2 Å². The third-order valence-electron chi connectivity index (χ3n) is 4.33. The molecule has 0 amide bonds. The van der Waals surface area contributed by atoms with Crippen molar-refractivity contribution >= 4 is 37.6 Å². The number of aromatic nitrogens is 2. The second-order valence-corrected chi connectivity index (χ2v) is 6.99. The van der Waals surface area contributed by atoms with Crippen LogP contribution in [0.25, 0.3) is 21.1 Å². The average molecular weight is 367 g/mol. The molecule has 0 unspecified atom stereocenters. The predicted octanol–water partition coefficient (Wildman–Crippen LogP) is 4.84. The monoisotopic (exact) mass is 367 g/mol. The summed E-state index contributed by atoms with van der Waals surface area (Å²) in [6.07, 6.45) is 2.97. The van der Waals surface area contributed by atoms with E-state index in [0.29, 0.717) is 6.61 Å². The summed E-state index contributed by atoms with van der Waals surface area (Å²) in [7, 11) is 1.69. The van der Waals surface area contributed by atoms with Crippen molar-refractivity contribution in [2.45, 2.75) is 13.3 Å². The molecule has 0 spiro atoms. The minimum Gasteiger partial charge on any atom is -0.497 e. The number of para-hydroxylation sites is 1. The van der Waals surface area contributed by atoms with Gasteiger partial charge in [0.25, 0.3) is 0 Å². The minimum absolute atomic E-state index is 0.642. The second-order valence-electron chi connectivity index (χ2n) is 5.96. The Hall–Kier alpha value is -2.73. The molecule has 4 aromatic rings. The molecule has 0 radical (unpaired) electrons. The molecule has 0 fully saturated rings. The molecule has 26 heavy (non-hydrogen) atoms. The smallest absolute Gasteiger partial charge is 0.183 e. The third kappa shape index (κ3) is 3.20. The number of nitrogens with one attached hydrogen (secondary N) is 2. The van der Waals surface area contributed by atoms with Crippen LogP contribution < -0.4 is 14.8 Å². The quantitative estimate of drug-likeness (QED) is 0.491. The Morgan fingerprint density at radius 2 is 2.15 bits per heavy atom. The van der Waals surface area contributed by atoms with Gasteiger partial charge in [-0.3, -0.25) is 0 Å². The number of hydrogen-bond donors (Lipinski definition) is 2. The molecule has 2 heterocycles. The van der Waals surface area contributed by atoms with Crippen LogP contribution in [0.2, 0.25) is 0 Å². The predicted molar refractivity (Wildman–Crippen MR) is 108 cm³/mol. The zero-order valence-electron chi connectivity index (χ0n) is 14.8. The lowest BCUT2D eigenvalue weighted by Gasteiger charge is -2.03. The van der Waals surface area contributed by atoms with Crippen molar-refractivity contribution in [1.29, 1.82) is 0 Å². The highest BCUT2D eigenvalue weighted by molar-refractivity contribution is 7.22. The van der Waals surface area contributed by atoms with Gasteiger partial charge < -0.3 is 19.8 Å². The Morgan fingerprint density at radius 1 is 1.23 bits per heavy atom. The summed E-state index contributed by atoms with van der Waals surface area (Å²) in [5.41, 5.74) is 3.32. The fourth-order valence-corrected chi connectivity index (χ4v) is 3.98. The van der Waals surface area contributed by atoms with Crippen LogP contribution in [0.5, 0.6) is 11.5 Å². The maximum Gasteiger partial charge on any atom is 0.183 e. The summed E-state index contributed by atoms with van der Waals surface area (Å²) >= 11 is 1.65. The van der Waals surface area contributed by atoms with Crippen LogP contribution in [0.3, 0.4) is 0 Å². The van der Waals surface area contributed by atoms with Crippen LogP contribution >= 0.6 is 11.3 Å². The van der Waals surface area contributed by atoms with Gasteiger partial charge in [0.2, 0.25) is 0 Å². The number of methoxy groups -OCH3 is 1. The van der Waals surface area contributed by atoms with E-state index in [1.165, 1.54) is 10.9 Å². The molecule has 6 heteroatoms. The molecule has 0 bridgehead atoms. The first-order valence-electron chi connectivity index (χ1n) is 8.68. The van der Waals surface area contributed by atoms with Gasteiger partial charge in [0.15, 0.2) is 5.13 Å². The van der Waals surface area contributed by atoms with Gasteiger partial charge in [-0.2, -0.15) is 0 Å². The molecule has 4 rings (SSSR count). The zero-order valence-corrected chi connectivity index (χ0v) is 15.7. The largest absolute Gasteiger partial charge is 0.497 e. The Balaban J connectivity index is 1.48. The van der Waals surface area contributed by atoms with Gasteiger partial charge in [-0.15, -0.1) is 0 Å². The van der Waals surface area contributed by atoms with Crippen LogP contribution in [-0.2, 0) is 6.42 Å². The summed E-state index contributed by atoms with van der Waals surface area (Å²) < 4.78 is 12.1. The number of ether oxygens (including phenoxy) is 2. The number of thiazole rings is 1. The van der Waals surface area contributed by atoms with E-state index >= 15 is 0 Å². The van der Waals surface area contributed by atoms with Gasteiger partial charge in [-0.1, -0.05) is 17.4 Å². The van der Waals surface area contributed by atoms with Crippen LogP contribution in [0, 0.1) is 0 Å². The SMILES string of the molecule is CCOc1cccc2sc(NCCc3c[nH]c4ccc(OC)cc34)nc12. The number of anilines is 1. The van der Waals surface area contributed by atoms with Gasteiger partial charge in [0, 0.05) is 23.6 Å². The fourth-order valence-electron chi connectivity index (χ4n) is 3.07. The van der Waals surface area contributed by atoms with E-state index in [4.69, 9.17) is 14.5 Å². The molecule has 0 aliphatic carbocycles. The van der Waals surface area contributed by atoms with Crippen LogP contribution in [0.4, 0.5) is 5.13 Å². The summed E-state index contributed by atoms with van der Waals surface area (Å²) in [6, 6.07) is 12.1. The molecule has 0 aliphatic heterocycles. The Labute approximate surface area is 156 Å². The number of nitrogens with zero attached hydrogens (tertiary/aromatic N) is 1. The van der Waals surface area contributed by atoms with Crippen molar-refractivity contribution in [2.24, 2.45) is 0 Å². The molecule has 2 aromatic heterocycles. The molecule has 0 atom stereocenters. The lowest BCUT2D eigenvalue weighted by Crippen LogP contribution is -2.04. The normalized spacial score (nSPS) is 11.2. The lowest BCUT2D eigenvalue weighted by molar-refractivity contribution is 0.344. The van der Waals surface area contributed by atoms with E-state index in [0.717, 1.165) is 45.3 Å². The maximum atomic E-state index is 5.67. The molecular formula is C20H21N3O2S. The molecule has 134 valence electrons. The van der Waals surface area contributed by atoms with E-state index < -0.39 is 0 Å². The molecule has 2 N–H and O–H groups in total. The number of H-pyrrole nitrogens is 1. The maximum absolute atomic E-state index is 5.67. The summed E-state index contributed by atoms with van der Waals surface area (Å²) in [6.45, 7) is 3.44. The van der Waals surface area contributed by atoms with Gasteiger partial charge in [0.05, 0.1) is 18.4 Å². The van der Waals surface area contributed by atoms with Crippen molar-refractivity contribution in [1.82, 2.24) is 9.97 Å². The van der Waals surface area contributed by atoms with Gasteiger partial charge >= 0.3 is 0 Å². The van der Waals surface area contributed by atoms with Crippen molar-refractivity contribution in [2.75, 3.05) is 25.6 Å². The lowest BCUT2D eigenvalue weighted by atomic mass is 10.1. The minimum atomic E-state index is 0.642. The topological polar surface area (TPSA) is 59.2 Å². The fraction of sp³-hybridized carbons (Fsp3) is 0.250. The molecule has 0 saturated heterocycles. The van der Waals surface area contributed by atoms with Crippen LogP contribution in [0.1, 0.15) is 12.5 Å². The highest BCUT2D eigenvalue weighted by Crippen LogP contribution is 2.32. The van der Waals surface area contributed by atoms with Crippen molar-refractivity contribution in [3.8, 4) is 11.5 Å². The van der Waals surface area contributed by atoms with Crippen molar-refractivity contribution < 1.29 is 9.47 Å². The second kappa shape index (κ2) is 7.25. The zero-order chi connectivity index (χ0) is 17.9. The van der Waals surface area contributed by atoms with E-state index in [1.807, 2.05) is 31.2 Å². The van der Waals surface area contributed by atoms with Gasteiger partial charge in [-0.25, -0.2) is 4.98 Å². The van der Waals surface area contributed by atoms with E-state index in [-0.39, 0.29) is 0 Å². The van der Waals surface area contributed by atoms with Crippen LogP contribution in [0.15, 0.2) is 42.6 Å².